The number of nitrogens with zero attached hydrogens (tertiary/aromatic N) is 1. The Morgan fingerprint density at radius 1 is 1.57 bits per heavy atom. The van der Waals surface area contributed by atoms with E-state index < -0.39 is 0 Å². The highest BCUT2D eigenvalue weighted by molar-refractivity contribution is 7.92. The van der Waals surface area contributed by atoms with Gasteiger partial charge in [0, 0.05) is 33.9 Å². The molecule has 0 saturated carbocycles. The molecule has 5 heteroatoms. The van der Waals surface area contributed by atoms with Crippen molar-refractivity contribution in [3.05, 3.63) is 11.6 Å². The van der Waals surface area contributed by atoms with Gasteiger partial charge in [0.1, 0.15) is 0 Å². The first-order valence-electron chi connectivity index (χ1n) is 1.51. The van der Waals surface area contributed by atoms with Gasteiger partial charge in [-0.1, -0.05) is 10.3 Å². The number of hydrogen-bond donors (Lipinski definition) is 0. The van der Waals surface area contributed by atoms with Crippen LogP contribution in [0.2, 0.25) is 0 Å². The molecule has 0 N–H and O–H groups in total. The Morgan fingerprint density at radius 3 is 2.71 bits per heavy atom. The summed E-state index contributed by atoms with van der Waals surface area (Å²) in [7, 11) is 4.82. The van der Waals surface area contributed by atoms with Crippen LogP contribution in [0.5, 0.6) is 0 Å². The third-order valence-electron chi connectivity index (χ3n) is 0.375. The maximum Gasteiger partial charge on any atom is 0.0448 e. The van der Waals surface area contributed by atoms with Gasteiger partial charge >= 0.3 is 0 Å². The smallest absolute Gasteiger partial charge is 0.0448 e. The predicted octanol–water partition coefficient (Wildman–Crippen LogP) is 2.80. The molecule has 40 valence electrons. The lowest BCUT2D eigenvalue weighted by Crippen LogP contribution is -1.64. The highest BCUT2D eigenvalue weighted by Gasteiger charge is 1.73. The van der Waals surface area contributed by atoms with Crippen molar-refractivity contribution >= 4 is 42.0 Å². The third-order valence-corrected chi connectivity index (χ3v) is 4.06. The number of aromatic nitrogens is 1. The number of hydrogen-bond acceptors (Lipinski definition) is 3. The van der Waals surface area contributed by atoms with Gasteiger partial charge in [0.2, 0.25) is 0 Å². The van der Waals surface area contributed by atoms with Gasteiger partial charge in [0.15, 0.2) is 0 Å². The maximum atomic E-state index is 5.49. The Morgan fingerprint density at radius 2 is 2.43 bits per heavy atom. The molecule has 1 heterocycles. The minimum Gasteiger partial charge on any atom is -0.204 e. The van der Waals surface area contributed by atoms with Crippen LogP contribution in [-0.4, -0.2) is 3.48 Å². The molecule has 1 aromatic heterocycles. The van der Waals surface area contributed by atoms with Gasteiger partial charge in [-0.05, 0) is 9.34 Å². The monoisotopic (exact) mass is 171 g/mol. The quantitative estimate of drug-likeness (QED) is 0.529. The topological polar surface area (TPSA) is 4.93 Å². The van der Waals surface area contributed by atoms with Crippen LogP contribution in [0.4, 0.5) is 0 Å². The molecule has 0 aromatic carbocycles. The average molecular weight is 172 g/mol. The van der Waals surface area contributed by atoms with Crippen molar-refractivity contribution in [1.82, 2.24) is 3.48 Å². The molecule has 0 atom stereocenters. The minimum atomic E-state index is 1.51. The van der Waals surface area contributed by atoms with E-state index in [0.717, 1.165) is 0 Å². The summed E-state index contributed by atoms with van der Waals surface area (Å²) in [5.41, 5.74) is 0. The highest BCUT2D eigenvalue weighted by Crippen LogP contribution is 2.11. The zero-order chi connectivity index (χ0) is 5.11. The third kappa shape index (κ3) is 1.82. The second-order valence-corrected chi connectivity index (χ2v) is 5.16. The van der Waals surface area contributed by atoms with Crippen molar-refractivity contribution in [3.8, 4) is 0 Å². The van der Waals surface area contributed by atoms with Crippen LogP contribution < -0.4 is 0 Å². The molecular formula is C2H2ClNS3. The van der Waals surface area contributed by atoms with E-state index in [1.807, 2.05) is 11.6 Å². The lowest BCUT2D eigenvalue weighted by molar-refractivity contribution is 1.42. The van der Waals surface area contributed by atoms with Crippen molar-refractivity contribution in [2.45, 2.75) is 0 Å². The van der Waals surface area contributed by atoms with E-state index >= 15 is 0 Å². The van der Waals surface area contributed by atoms with Gasteiger partial charge < -0.3 is 0 Å². The zero-order valence-corrected chi connectivity index (χ0v) is 6.41. The maximum absolute atomic E-state index is 5.49. The van der Waals surface area contributed by atoms with Crippen LogP contribution in [-0.2, 0) is 0 Å². The van der Waals surface area contributed by atoms with Crippen molar-refractivity contribution in [3.63, 3.8) is 0 Å². The van der Waals surface area contributed by atoms with Gasteiger partial charge in [0.05, 0.1) is 0 Å². The summed E-state index contributed by atoms with van der Waals surface area (Å²) in [6.45, 7) is 0. The summed E-state index contributed by atoms with van der Waals surface area (Å²) >= 11 is 5.49. The summed E-state index contributed by atoms with van der Waals surface area (Å²) in [6, 6.07) is 0. The second kappa shape index (κ2) is 2.71. The number of rotatable bonds is 0. The van der Waals surface area contributed by atoms with Crippen LogP contribution in [0.1, 0.15) is 0 Å². The summed E-state index contributed by atoms with van der Waals surface area (Å²) in [5.74, 6) is 0. The minimum absolute atomic E-state index is 1.51. The molecule has 0 fully saturated rings. The average Bonchev–Trinajstić information content (AvgIpc) is 1.69. The first-order valence-corrected chi connectivity index (χ1v) is 5.35. The van der Waals surface area contributed by atoms with E-state index in [9.17, 15) is 0 Å². The molecule has 0 unspecified atom stereocenters. The molecule has 0 bridgehead atoms. The van der Waals surface area contributed by atoms with E-state index in [4.69, 9.17) is 11.8 Å². The number of halogens is 1. The van der Waals surface area contributed by atoms with Gasteiger partial charge in [-0.2, -0.15) is 0 Å². The first kappa shape index (κ1) is 5.62. The Bertz CT molecular complexity index is 143. The summed E-state index contributed by atoms with van der Waals surface area (Å²) in [4.78, 5) is 0. The highest BCUT2D eigenvalue weighted by atomic mass is 35.5. The van der Waals surface area contributed by atoms with Crippen LogP contribution in [0.25, 0.3) is 0 Å². The molecule has 0 aliphatic heterocycles. The molecule has 0 aliphatic rings. The lowest BCUT2D eigenvalue weighted by Gasteiger charge is -1.82. The van der Waals surface area contributed by atoms with Gasteiger partial charge in [-0.3, -0.25) is 0 Å². The van der Waals surface area contributed by atoms with Crippen molar-refractivity contribution < 1.29 is 0 Å². The van der Waals surface area contributed by atoms with E-state index in [1.165, 1.54) is 10.5 Å². The van der Waals surface area contributed by atoms with Gasteiger partial charge in [0.25, 0.3) is 0 Å². The van der Waals surface area contributed by atoms with Crippen LogP contribution in [0.3, 0.4) is 0 Å². The molecule has 0 radical (unpaired) electrons. The lowest BCUT2D eigenvalue weighted by atomic mass is 11.1. The molecule has 0 spiro atoms. The van der Waals surface area contributed by atoms with Gasteiger partial charge in [-0.25, -0.2) is 3.48 Å². The SMILES string of the molecule is Cln1ccsss1. The van der Waals surface area contributed by atoms with E-state index in [2.05, 4.69) is 0 Å². The predicted molar refractivity (Wildman–Crippen MR) is 36.9 cm³/mol. The van der Waals surface area contributed by atoms with E-state index in [1.54, 1.807) is 23.2 Å². The normalized spacial score (nSPS) is 8.71. The Kier molecular flexibility index (Phi) is 2.18. The zero-order valence-electron chi connectivity index (χ0n) is 3.20. The fourth-order valence-corrected chi connectivity index (χ4v) is 3.37. The van der Waals surface area contributed by atoms with Gasteiger partial charge in [-0.15, -0.1) is 0 Å². The standard InChI is InChI=1S/C2H2ClNS3/c3-4-1-2-5-7-6-4/h1-2H. The van der Waals surface area contributed by atoms with Crippen molar-refractivity contribution in [1.29, 1.82) is 0 Å². The van der Waals surface area contributed by atoms with Crippen LogP contribution in [0.15, 0.2) is 11.6 Å². The Hall–Kier alpha value is 0.490. The Balaban J connectivity index is 3.02. The largest absolute Gasteiger partial charge is 0.204 e. The van der Waals surface area contributed by atoms with E-state index in [0.29, 0.717) is 0 Å². The van der Waals surface area contributed by atoms with Crippen LogP contribution in [0, 0.1) is 0 Å². The summed E-state index contributed by atoms with van der Waals surface area (Å²) in [5, 5.41) is 1.94. The molecule has 0 saturated heterocycles. The fourth-order valence-electron chi connectivity index (χ4n) is 0.167. The first-order chi connectivity index (χ1) is 3.39. The summed E-state index contributed by atoms with van der Waals surface area (Å²) in [6.07, 6.45) is 1.81. The molecule has 0 aliphatic carbocycles. The van der Waals surface area contributed by atoms with E-state index in [-0.39, 0.29) is 0 Å². The molecule has 7 heavy (non-hydrogen) atoms. The molecular weight excluding hydrogens is 170 g/mol. The Labute approximate surface area is 57.1 Å². The molecule has 1 rings (SSSR count). The van der Waals surface area contributed by atoms with Crippen molar-refractivity contribution in [2.24, 2.45) is 0 Å². The second-order valence-electron chi connectivity index (χ2n) is 0.796. The van der Waals surface area contributed by atoms with Crippen molar-refractivity contribution in [2.75, 3.05) is 0 Å². The van der Waals surface area contributed by atoms with Crippen LogP contribution >= 0.6 is 42.0 Å². The molecule has 1 aromatic rings. The molecule has 0 amide bonds. The summed E-state index contributed by atoms with van der Waals surface area (Å²) < 4.78 is 1.54. The molecule has 1 nitrogen and oxygen atoms in total. The fraction of sp³-hybridized carbons (Fsp3) is 0.